The molecule has 0 unspecified atom stereocenters. The first-order valence-electron chi connectivity index (χ1n) is 6.00. The van der Waals surface area contributed by atoms with Gasteiger partial charge in [-0.1, -0.05) is 5.92 Å². The number of aliphatic carboxylic acids is 1. The first-order valence-corrected chi connectivity index (χ1v) is 6.00. The van der Waals surface area contributed by atoms with Crippen LogP contribution < -0.4 is 0 Å². The predicted molar refractivity (Wildman–Crippen MR) is 65.9 cm³/mol. The Morgan fingerprint density at radius 3 is 2.61 bits per heavy atom. The molecule has 0 aromatic heterocycles. The van der Waals surface area contributed by atoms with E-state index in [0.717, 1.165) is 12.8 Å². The van der Waals surface area contributed by atoms with Crippen molar-refractivity contribution in [3.8, 4) is 11.8 Å². The van der Waals surface area contributed by atoms with Gasteiger partial charge in [-0.05, 0) is 33.6 Å². The molecule has 1 rings (SSSR count). The van der Waals surface area contributed by atoms with Crippen molar-refractivity contribution in [3.63, 3.8) is 0 Å². The molecule has 1 fully saturated rings. The molecule has 0 spiro atoms. The molecule has 0 radical (unpaired) electrons. The zero-order chi connectivity index (χ0) is 13.8. The summed E-state index contributed by atoms with van der Waals surface area (Å²) in [6.45, 7) is 6.53. The molecule has 0 aromatic carbocycles. The third-order valence-electron chi connectivity index (χ3n) is 2.46. The molecule has 5 heteroatoms. The van der Waals surface area contributed by atoms with Crippen LogP contribution in [0.2, 0.25) is 0 Å². The maximum absolute atomic E-state index is 11.8. The van der Waals surface area contributed by atoms with Crippen molar-refractivity contribution in [1.29, 1.82) is 0 Å². The van der Waals surface area contributed by atoms with Gasteiger partial charge in [0.15, 0.2) is 0 Å². The molecule has 0 bridgehead atoms. The van der Waals surface area contributed by atoms with Crippen molar-refractivity contribution < 1.29 is 19.4 Å². The van der Waals surface area contributed by atoms with Crippen LogP contribution in [0.1, 0.15) is 33.6 Å². The molecular weight excluding hydrogens is 234 g/mol. The number of carboxylic acid groups (broad SMARTS) is 1. The lowest BCUT2D eigenvalue weighted by molar-refractivity contribution is -0.130. The van der Waals surface area contributed by atoms with Crippen molar-refractivity contribution in [2.45, 2.75) is 39.2 Å². The Bertz CT molecular complexity index is 386. The van der Waals surface area contributed by atoms with Crippen molar-refractivity contribution in [1.82, 2.24) is 4.90 Å². The average molecular weight is 253 g/mol. The number of piperidine rings is 1. The van der Waals surface area contributed by atoms with Crippen LogP contribution in [-0.2, 0) is 9.53 Å². The highest BCUT2D eigenvalue weighted by Crippen LogP contribution is 2.18. The van der Waals surface area contributed by atoms with Crippen molar-refractivity contribution in [2.75, 3.05) is 13.1 Å². The fourth-order valence-corrected chi connectivity index (χ4v) is 1.75. The van der Waals surface area contributed by atoms with Crippen LogP contribution in [-0.4, -0.2) is 40.8 Å². The first kappa shape index (κ1) is 14.4. The Kier molecular flexibility index (Phi) is 4.60. The van der Waals surface area contributed by atoms with Gasteiger partial charge in [0.1, 0.15) is 5.60 Å². The second-order valence-corrected chi connectivity index (χ2v) is 5.34. The lowest BCUT2D eigenvalue weighted by atomic mass is 9.99. The van der Waals surface area contributed by atoms with Crippen LogP contribution in [0.3, 0.4) is 0 Å². The molecule has 1 saturated heterocycles. The first-order chi connectivity index (χ1) is 8.28. The molecule has 18 heavy (non-hydrogen) atoms. The second-order valence-electron chi connectivity index (χ2n) is 5.34. The number of amides is 1. The van der Waals surface area contributed by atoms with Gasteiger partial charge >= 0.3 is 12.1 Å². The Balaban J connectivity index is 2.57. The minimum absolute atomic E-state index is 0.0811. The summed E-state index contributed by atoms with van der Waals surface area (Å²) < 4.78 is 5.27. The molecule has 1 N–H and O–H groups in total. The molecule has 5 nitrogen and oxygen atoms in total. The fourth-order valence-electron chi connectivity index (χ4n) is 1.75. The van der Waals surface area contributed by atoms with Gasteiger partial charge in [0, 0.05) is 24.9 Å². The van der Waals surface area contributed by atoms with E-state index in [2.05, 4.69) is 11.8 Å². The highest BCUT2D eigenvalue weighted by Gasteiger charge is 2.26. The van der Waals surface area contributed by atoms with Crippen LogP contribution in [0.15, 0.2) is 0 Å². The number of ether oxygens (including phenoxy) is 1. The normalized spacial score (nSPS) is 19.7. The van der Waals surface area contributed by atoms with E-state index in [1.807, 2.05) is 20.8 Å². The summed E-state index contributed by atoms with van der Waals surface area (Å²) in [4.78, 5) is 23.8. The predicted octanol–water partition coefficient (Wildman–Crippen LogP) is 1.72. The number of hydrogen-bond acceptors (Lipinski definition) is 3. The lowest BCUT2D eigenvalue weighted by Gasteiger charge is -2.32. The van der Waals surface area contributed by atoms with E-state index in [4.69, 9.17) is 9.84 Å². The number of hydrogen-bond donors (Lipinski definition) is 1. The van der Waals surface area contributed by atoms with E-state index in [1.165, 1.54) is 0 Å². The summed E-state index contributed by atoms with van der Waals surface area (Å²) >= 11 is 0. The molecule has 1 aliphatic rings. The van der Waals surface area contributed by atoms with Gasteiger partial charge in [-0.25, -0.2) is 9.59 Å². The van der Waals surface area contributed by atoms with Gasteiger partial charge in [-0.2, -0.15) is 0 Å². The van der Waals surface area contributed by atoms with Crippen LogP contribution >= 0.6 is 0 Å². The summed E-state index contributed by atoms with van der Waals surface area (Å²) in [6, 6.07) is 0. The molecule has 1 amide bonds. The van der Waals surface area contributed by atoms with Crippen molar-refractivity contribution in [2.24, 2.45) is 5.92 Å². The number of carboxylic acids is 1. The zero-order valence-corrected chi connectivity index (χ0v) is 11.0. The summed E-state index contributed by atoms with van der Waals surface area (Å²) in [5.41, 5.74) is -0.517. The van der Waals surface area contributed by atoms with E-state index < -0.39 is 11.6 Å². The summed E-state index contributed by atoms with van der Waals surface area (Å²) in [6.07, 6.45) is 1.28. The van der Waals surface area contributed by atoms with E-state index in [-0.39, 0.29) is 12.0 Å². The maximum atomic E-state index is 11.8. The zero-order valence-electron chi connectivity index (χ0n) is 11.0. The average Bonchev–Trinajstić information content (AvgIpc) is 2.24. The van der Waals surface area contributed by atoms with Crippen molar-refractivity contribution in [3.05, 3.63) is 0 Å². The molecule has 100 valence electrons. The monoisotopic (exact) mass is 253 g/mol. The Morgan fingerprint density at radius 1 is 1.39 bits per heavy atom. The smallest absolute Gasteiger partial charge is 0.410 e. The fraction of sp³-hybridized carbons (Fsp3) is 0.692. The van der Waals surface area contributed by atoms with Gasteiger partial charge in [0.05, 0.1) is 0 Å². The van der Waals surface area contributed by atoms with E-state index in [0.29, 0.717) is 13.1 Å². The minimum Gasteiger partial charge on any atom is -0.472 e. The highest BCUT2D eigenvalue weighted by atomic mass is 16.6. The molecule has 0 saturated carbocycles. The minimum atomic E-state index is -1.13. The highest BCUT2D eigenvalue weighted by molar-refractivity contribution is 5.86. The van der Waals surface area contributed by atoms with Gasteiger partial charge in [0.25, 0.3) is 0 Å². The van der Waals surface area contributed by atoms with Crippen molar-refractivity contribution >= 4 is 12.1 Å². The molecule has 0 aromatic rings. The maximum Gasteiger partial charge on any atom is 0.410 e. The van der Waals surface area contributed by atoms with Gasteiger partial charge in [-0.3, -0.25) is 0 Å². The summed E-state index contributed by atoms with van der Waals surface area (Å²) in [7, 11) is 0. The Labute approximate surface area is 107 Å². The number of carbonyl (C=O) groups is 2. The van der Waals surface area contributed by atoms with Gasteiger partial charge < -0.3 is 14.7 Å². The third kappa shape index (κ3) is 5.09. The second kappa shape index (κ2) is 5.76. The Hall–Kier alpha value is -1.70. The molecule has 1 aliphatic heterocycles. The summed E-state index contributed by atoms with van der Waals surface area (Å²) in [5, 5.41) is 8.49. The summed E-state index contributed by atoms with van der Waals surface area (Å²) in [5.74, 6) is 3.56. The van der Waals surface area contributed by atoms with Crippen LogP contribution in [0.25, 0.3) is 0 Å². The topological polar surface area (TPSA) is 66.8 Å². The van der Waals surface area contributed by atoms with Gasteiger partial charge in [-0.15, -0.1) is 0 Å². The standard InChI is InChI=1S/C13H19NO4/c1-13(2,3)18-12(17)14-8-4-5-10(9-14)6-7-11(15)16/h10H,4-5,8-9H2,1-3H3,(H,15,16)/t10-/m0/s1. The Morgan fingerprint density at radius 2 is 2.06 bits per heavy atom. The van der Waals surface area contributed by atoms with E-state index in [1.54, 1.807) is 4.90 Å². The van der Waals surface area contributed by atoms with Gasteiger partial charge in [0.2, 0.25) is 0 Å². The third-order valence-corrected chi connectivity index (χ3v) is 2.46. The molecule has 1 atom stereocenters. The number of carbonyl (C=O) groups excluding carboxylic acids is 1. The number of nitrogens with zero attached hydrogens (tertiary/aromatic N) is 1. The molecular formula is C13H19NO4. The quantitative estimate of drug-likeness (QED) is 0.667. The largest absolute Gasteiger partial charge is 0.472 e. The van der Waals surface area contributed by atoms with Crippen LogP contribution in [0, 0.1) is 17.8 Å². The van der Waals surface area contributed by atoms with Crippen LogP contribution in [0.4, 0.5) is 4.79 Å². The SMILES string of the molecule is CC(C)(C)OC(=O)N1CCC[C@@H](C#CC(=O)O)C1. The van der Waals surface area contributed by atoms with Crippen LogP contribution in [0.5, 0.6) is 0 Å². The lowest BCUT2D eigenvalue weighted by Crippen LogP contribution is -2.42. The molecule has 0 aliphatic carbocycles. The number of likely N-dealkylation sites (tertiary alicyclic amines) is 1. The molecule has 1 heterocycles. The number of rotatable bonds is 0. The van der Waals surface area contributed by atoms with E-state index >= 15 is 0 Å². The van der Waals surface area contributed by atoms with E-state index in [9.17, 15) is 9.59 Å².